The van der Waals surface area contributed by atoms with Gasteiger partial charge in [-0.15, -0.1) is 10.2 Å². The molecule has 27 heavy (non-hydrogen) atoms. The molecule has 0 amide bonds. The number of hydrogen-bond acceptors (Lipinski definition) is 7. The molecule has 146 valence electrons. The van der Waals surface area contributed by atoms with Crippen LogP contribution in [0.2, 0.25) is 0 Å². The van der Waals surface area contributed by atoms with E-state index in [1.807, 2.05) is 0 Å². The van der Waals surface area contributed by atoms with Gasteiger partial charge >= 0.3 is 0 Å². The van der Waals surface area contributed by atoms with Gasteiger partial charge in [0.15, 0.2) is 9.84 Å². The molecule has 1 aliphatic heterocycles. The van der Waals surface area contributed by atoms with Gasteiger partial charge in [-0.05, 0) is 25.3 Å². The van der Waals surface area contributed by atoms with Gasteiger partial charge in [0.25, 0.3) is 5.69 Å². The van der Waals surface area contributed by atoms with Crippen LogP contribution in [0.4, 0.5) is 11.4 Å². The second kappa shape index (κ2) is 8.03. The van der Waals surface area contributed by atoms with E-state index in [-0.39, 0.29) is 10.6 Å². The number of nitrogens with zero attached hydrogens (tertiary/aromatic N) is 4. The molecule has 1 aromatic carbocycles. The molecular formula is C17H23N5O4S. The average Bonchev–Trinajstić information content (AvgIpc) is 2.84. The van der Waals surface area contributed by atoms with Crippen LogP contribution in [0.15, 0.2) is 23.1 Å². The van der Waals surface area contributed by atoms with E-state index < -0.39 is 14.8 Å². The van der Waals surface area contributed by atoms with E-state index in [4.69, 9.17) is 0 Å². The van der Waals surface area contributed by atoms with Gasteiger partial charge in [-0.3, -0.25) is 10.1 Å². The van der Waals surface area contributed by atoms with Crippen LogP contribution in [-0.4, -0.2) is 40.9 Å². The highest BCUT2D eigenvalue weighted by Crippen LogP contribution is 2.26. The number of nitro groups is 1. The molecule has 0 saturated carbocycles. The minimum absolute atomic E-state index is 0.0620. The zero-order chi connectivity index (χ0) is 19.4. The quantitative estimate of drug-likeness (QED) is 0.435. The molecule has 0 fully saturated rings. The van der Waals surface area contributed by atoms with E-state index in [1.165, 1.54) is 18.6 Å². The molecule has 2 heterocycles. The van der Waals surface area contributed by atoms with Crippen LogP contribution in [0.25, 0.3) is 0 Å². The third-order valence-electron chi connectivity index (χ3n) is 4.65. The summed E-state index contributed by atoms with van der Waals surface area (Å²) in [5.74, 6) is 2.01. The Bertz CT molecular complexity index is 939. The number of aryl methyl sites for hydroxylation is 2. The maximum Gasteiger partial charge on any atom is 0.270 e. The Balaban J connectivity index is 1.64. The number of non-ortho nitro benzene ring substituents is 1. The standard InChI is InChI=1S/C17H23N5O4S/c1-27(25,26)15-12-13(22(23)24)8-9-14(15)18-10-5-7-17-20-19-16-6-3-2-4-11-21(16)17/h8-9,12,18H,2-7,10-11H2,1H3. The van der Waals surface area contributed by atoms with E-state index in [2.05, 4.69) is 20.1 Å². The number of sulfone groups is 1. The Kier molecular flexibility index (Phi) is 5.73. The first-order valence-electron chi connectivity index (χ1n) is 8.99. The summed E-state index contributed by atoms with van der Waals surface area (Å²) in [4.78, 5) is 10.2. The van der Waals surface area contributed by atoms with Crippen LogP contribution in [-0.2, 0) is 29.2 Å². The highest BCUT2D eigenvalue weighted by Gasteiger charge is 2.18. The van der Waals surface area contributed by atoms with Gasteiger partial charge < -0.3 is 9.88 Å². The number of anilines is 1. The number of nitrogens with one attached hydrogen (secondary N) is 1. The lowest BCUT2D eigenvalue weighted by Crippen LogP contribution is -2.11. The summed E-state index contributed by atoms with van der Waals surface area (Å²) in [6, 6.07) is 3.84. The van der Waals surface area contributed by atoms with Crippen LogP contribution >= 0.6 is 0 Å². The maximum atomic E-state index is 12.0. The molecule has 0 saturated heterocycles. The monoisotopic (exact) mass is 393 g/mol. The smallest absolute Gasteiger partial charge is 0.270 e. The number of aromatic nitrogens is 3. The zero-order valence-corrected chi connectivity index (χ0v) is 16.0. The average molecular weight is 393 g/mol. The molecule has 0 unspecified atom stereocenters. The number of nitro benzene ring substituents is 1. The van der Waals surface area contributed by atoms with E-state index in [9.17, 15) is 18.5 Å². The van der Waals surface area contributed by atoms with Crippen LogP contribution in [0.1, 0.15) is 37.3 Å². The lowest BCUT2D eigenvalue weighted by Gasteiger charge is -2.11. The summed E-state index contributed by atoms with van der Waals surface area (Å²) >= 11 is 0. The Morgan fingerprint density at radius 1 is 1.26 bits per heavy atom. The Labute approximate surface area is 157 Å². The molecule has 0 aliphatic carbocycles. The molecule has 0 bridgehead atoms. The summed E-state index contributed by atoms with van der Waals surface area (Å²) < 4.78 is 26.1. The van der Waals surface area contributed by atoms with Crippen molar-refractivity contribution in [3.8, 4) is 0 Å². The molecule has 0 atom stereocenters. The predicted octanol–water partition coefficient (Wildman–Crippen LogP) is 2.36. The lowest BCUT2D eigenvalue weighted by atomic mass is 10.2. The van der Waals surface area contributed by atoms with E-state index in [0.717, 1.165) is 62.6 Å². The summed E-state index contributed by atoms with van der Waals surface area (Å²) in [6.45, 7) is 1.48. The third-order valence-corrected chi connectivity index (χ3v) is 5.79. The number of fused-ring (bicyclic) bond motifs is 1. The molecule has 0 spiro atoms. The topological polar surface area (TPSA) is 120 Å². The van der Waals surface area contributed by atoms with Gasteiger partial charge in [-0.25, -0.2) is 8.42 Å². The molecule has 0 radical (unpaired) electrons. The minimum atomic E-state index is -3.58. The maximum absolute atomic E-state index is 12.0. The van der Waals surface area contributed by atoms with E-state index in [0.29, 0.717) is 12.2 Å². The van der Waals surface area contributed by atoms with E-state index in [1.54, 1.807) is 0 Å². The number of hydrogen-bond donors (Lipinski definition) is 1. The van der Waals surface area contributed by atoms with Crippen LogP contribution in [0.3, 0.4) is 0 Å². The second-order valence-electron chi connectivity index (χ2n) is 6.73. The molecule has 1 N–H and O–H groups in total. The molecule has 10 heteroatoms. The fourth-order valence-corrected chi connectivity index (χ4v) is 4.15. The van der Waals surface area contributed by atoms with Crippen molar-refractivity contribution < 1.29 is 13.3 Å². The number of rotatable bonds is 7. The van der Waals surface area contributed by atoms with Gasteiger partial charge in [0.2, 0.25) is 0 Å². The van der Waals surface area contributed by atoms with Gasteiger partial charge in [-0.2, -0.15) is 0 Å². The van der Waals surface area contributed by atoms with Gasteiger partial charge in [0.1, 0.15) is 11.6 Å². The third kappa shape index (κ3) is 4.62. The lowest BCUT2D eigenvalue weighted by molar-refractivity contribution is -0.385. The van der Waals surface area contributed by atoms with Gasteiger partial charge in [-0.1, -0.05) is 6.42 Å². The van der Waals surface area contributed by atoms with Crippen molar-refractivity contribution in [2.75, 3.05) is 18.1 Å². The van der Waals surface area contributed by atoms with Crippen molar-refractivity contribution in [3.63, 3.8) is 0 Å². The Hall–Kier alpha value is -2.49. The van der Waals surface area contributed by atoms with Crippen molar-refractivity contribution >= 4 is 21.2 Å². The molecule has 1 aromatic heterocycles. The highest BCUT2D eigenvalue weighted by atomic mass is 32.2. The van der Waals surface area contributed by atoms with Crippen LogP contribution in [0, 0.1) is 10.1 Å². The molecule has 9 nitrogen and oxygen atoms in total. The van der Waals surface area contributed by atoms with Crippen molar-refractivity contribution in [2.24, 2.45) is 0 Å². The molecule has 1 aliphatic rings. The van der Waals surface area contributed by atoms with Crippen LogP contribution in [0.5, 0.6) is 0 Å². The van der Waals surface area contributed by atoms with Crippen molar-refractivity contribution in [2.45, 2.75) is 50.0 Å². The Morgan fingerprint density at radius 2 is 2.07 bits per heavy atom. The summed E-state index contributed by atoms with van der Waals surface area (Å²) in [5.41, 5.74) is 0.135. The van der Waals surface area contributed by atoms with E-state index >= 15 is 0 Å². The Morgan fingerprint density at radius 3 is 2.81 bits per heavy atom. The van der Waals surface area contributed by atoms with Gasteiger partial charge in [0.05, 0.1) is 15.5 Å². The van der Waals surface area contributed by atoms with Crippen LogP contribution < -0.4 is 5.32 Å². The molecule has 3 rings (SSSR count). The van der Waals surface area contributed by atoms with Crippen molar-refractivity contribution in [3.05, 3.63) is 40.0 Å². The highest BCUT2D eigenvalue weighted by molar-refractivity contribution is 7.90. The van der Waals surface area contributed by atoms with Crippen molar-refractivity contribution in [1.82, 2.24) is 14.8 Å². The first kappa shape index (κ1) is 19.3. The minimum Gasteiger partial charge on any atom is -0.384 e. The fraction of sp³-hybridized carbons (Fsp3) is 0.529. The second-order valence-corrected chi connectivity index (χ2v) is 8.72. The molecular weight excluding hydrogens is 370 g/mol. The molecule has 2 aromatic rings. The zero-order valence-electron chi connectivity index (χ0n) is 15.2. The normalized spacial score (nSPS) is 14.4. The summed E-state index contributed by atoms with van der Waals surface area (Å²) in [6.07, 6.45) is 6.98. The van der Waals surface area contributed by atoms with Gasteiger partial charge in [0, 0.05) is 44.3 Å². The summed E-state index contributed by atoms with van der Waals surface area (Å²) in [7, 11) is -3.58. The van der Waals surface area contributed by atoms with Crippen molar-refractivity contribution in [1.29, 1.82) is 0 Å². The fourth-order valence-electron chi connectivity index (χ4n) is 3.28. The summed E-state index contributed by atoms with van der Waals surface area (Å²) in [5, 5.41) is 22.5. The SMILES string of the molecule is CS(=O)(=O)c1cc([N+](=O)[O-])ccc1NCCCc1nnc2n1CCCCC2. The first-order valence-corrected chi connectivity index (χ1v) is 10.9. The number of benzene rings is 1. The first-order chi connectivity index (χ1) is 12.9. The largest absolute Gasteiger partial charge is 0.384 e. The predicted molar refractivity (Wildman–Crippen MR) is 101 cm³/mol.